The lowest BCUT2D eigenvalue weighted by molar-refractivity contribution is -0.114. The monoisotopic (exact) mass is 457 g/mol. The van der Waals surface area contributed by atoms with Gasteiger partial charge in [-0.25, -0.2) is 5.43 Å². The Morgan fingerprint density at radius 1 is 1.29 bits per heavy atom. The fraction of sp³-hybridized carbons (Fsp3) is 0.0625. The van der Waals surface area contributed by atoms with Crippen molar-refractivity contribution >= 4 is 57.9 Å². The average molecular weight is 458 g/mol. The van der Waals surface area contributed by atoms with Gasteiger partial charge in [0.05, 0.1) is 9.78 Å². The Bertz CT molecular complexity index is 824. The van der Waals surface area contributed by atoms with E-state index in [1.54, 1.807) is 24.3 Å². The number of hydrogen-bond acceptors (Lipinski definition) is 4. The number of benzene rings is 2. The highest BCUT2D eigenvalue weighted by Gasteiger charge is 2.07. The van der Waals surface area contributed by atoms with Gasteiger partial charge in [-0.3, -0.25) is 9.59 Å². The Morgan fingerprint density at radius 2 is 2.04 bits per heavy atom. The standard InChI is InChI=1S/C16H13ClIN3O3/c1-9(22)20-13-4-2-3-10(6-13)16(24)21-19-8-11-5-12(17)7-14(18)15(11)23/h2-8,23H,1H3,(H,20,22)(H,21,24). The number of rotatable bonds is 4. The number of phenolic OH excluding ortho intramolecular Hbond substituents is 1. The van der Waals surface area contributed by atoms with Gasteiger partial charge in [-0.05, 0) is 52.9 Å². The van der Waals surface area contributed by atoms with Gasteiger partial charge in [0.1, 0.15) is 5.75 Å². The van der Waals surface area contributed by atoms with Crippen molar-refractivity contribution in [1.29, 1.82) is 0 Å². The molecule has 24 heavy (non-hydrogen) atoms. The van der Waals surface area contributed by atoms with E-state index < -0.39 is 5.91 Å². The van der Waals surface area contributed by atoms with Crippen molar-refractivity contribution < 1.29 is 14.7 Å². The summed E-state index contributed by atoms with van der Waals surface area (Å²) < 4.78 is 0.580. The third kappa shape index (κ3) is 4.93. The van der Waals surface area contributed by atoms with Crippen LogP contribution in [0, 0.1) is 3.57 Å². The summed E-state index contributed by atoms with van der Waals surface area (Å²) in [5.74, 6) is -0.642. The molecule has 2 aromatic carbocycles. The molecular formula is C16H13ClIN3O3. The van der Waals surface area contributed by atoms with Crippen LogP contribution in [0.25, 0.3) is 0 Å². The summed E-state index contributed by atoms with van der Waals surface area (Å²) >= 11 is 7.86. The molecule has 3 N–H and O–H groups in total. The van der Waals surface area contributed by atoms with Crippen molar-refractivity contribution in [2.75, 3.05) is 5.32 Å². The van der Waals surface area contributed by atoms with Gasteiger partial charge in [-0.2, -0.15) is 5.10 Å². The highest BCUT2D eigenvalue weighted by molar-refractivity contribution is 14.1. The third-order valence-corrected chi connectivity index (χ3v) is 3.91. The van der Waals surface area contributed by atoms with Gasteiger partial charge in [-0.1, -0.05) is 17.7 Å². The number of halogens is 2. The first kappa shape index (κ1) is 18.2. The predicted molar refractivity (Wildman–Crippen MR) is 102 cm³/mol. The number of nitrogens with one attached hydrogen (secondary N) is 2. The van der Waals surface area contributed by atoms with Crippen molar-refractivity contribution in [3.05, 3.63) is 56.1 Å². The molecule has 0 saturated carbocycles. The summed E-state index contributed by atoms with van der Waals surface area (Å²) in [4.78, 5) is 23.1. The minimum atomic E-state index is -0.449. The molecular weight excluding hydrogens is 445 g/mol. The normalized spacial score (nSPS) is 10.6. The molecule has 0 aliphatic carbocycles. The Labute approximate surface area is 157 Å². The molecule has 0 spiro atoms. The maximum Gasteiger partial charge on any atom is 0.271 e. The SMILES string of the molecule is CC(=O)Nc1cccc(C(=O)NN=Cc2cc(Cl)cc(I)c2O)c1. The van der Waals surface area contributed by atoms with Gasteiger partial charge < -0.3 is 10.4 Å². The number of hydrazone groups is 1. The van der Waals surface area contributed by atoms with Gasteiger partial charge in [-0.15, -0.1) is 0 Å². The molecule has 8 heteroatoms. The number of hydrogen-bond donors (Lipinski definition) is 3. The molecule has 0 unspecified atom stereocenters. The first-order valence-electron chi connectivity index (χ1n) is 6.76. The van der Waals surface area contributed by atoms with E-state index in [-0.39, 0.29) is 11.7 Å². The van der Waals surface area contributed by atoms with Crippen LogP contribution >= 0.6 is 34.2 Å². The molecule has 2 aromatic rings. The van der Waals surface area contributed by atoms with Crippen LogP contribution in [0.5, 0.6) is 5.75 Å². The van der Waals surface area contributed by atoms with E-state index in [2.05, 4.69) is 15.8 Å². The van der Waals surface area contributed by atoms with Crippen LogP contribution < -0.4 is 10.7 Å². The van der Waals surface area contributed by atoms with E-state index in [1.165, 1.54) is 25.3 Å². The zero-order valence-electron chi connectivity index (χ0n) is 12.5. The van der Waals surface area contributed by atoms with E-state index in [9.17, 15) is 14.7 Å². The fourth-order valence-corrected chi connectivity index (χ4v) is 2.91. The second-order valence-corrected chi connectivity index (χ2v) is 6.39. The summed E-state index contributed by atoms with van der Waals surface area (Å²) in [5.41, 5.74) is 3.59. The Kier molecular flexibility index (Phi) is 6.16. The molecule has 0 aromatic heterocycles. The van der Waals surface area contributed by atoms with E-state index in [4.69, 9.17) is 11.6 Å². The second kappa shape index (κ2) is 8.11. The largest absolute Gasteiger partial charge is 0.506 e. The zero-order valence-corrected chi connectivity index (χ0v) is 15.4. The van der Waals surface area contributed by atoms with Crippen LogP contribution in [-0.2, 0) is 4.79 Å². The molecule has 124 valence electrons. The first-order valence-corrected chi connectivity index (χ1v) is 8.21. The topological polar surface area (TPSA) is 90.8 Å². The predicted octanol–water partition coefficient (Wildman–Crippen LogP) is 3.37. The van der Waals surface area contributed by atoms with Crippen LogP contribution in [0.2, 0.25) is 5.02 Å². The molecule has 2 amide bonds. The third-order valence-electron chi connectivity index (χ3n) is 2.87. The quantitative estimate of drug-likeness (QED) is 0.373. The van der Waals surface area contributed by atoms with E-state index in [0.29, 0.717) is 25.4 Å². The fourth-order valence-electron chi connectivity index (χ4n) is 1.85. The summed E-state index contributed by atoms with van der Waals surface area (Å²) in [7, 11) is 0. The Balaban J connectivity index is 2.09. The smallest absolute Gasteiger partial charge is 0.271 e. The number of aromatic hydroxyl groups is 1. The van der Waals surface area contributed by atoms with Gasteiger partial charge in [0, 0.05) is 28.8 Å². The maximum atomic E-state index is 12.1. The van der Waals surface area contributed by atoms with E-state index in [1.807, 2.05) is 22.6 Å². The van der Waals surface area contributed by atoms with Gasteiger partial charge in [0.15, 0.2) is 0 Å². The van der Waals surface area contributed by atoms with Gasteiger partial charge in [0.25, 0.3) is 5.91 Å². The molecule has 0 aliphatic heterocycles. The Morgan fingerprint density at radius 3 is 2.75 bits per heavy atom. The summed E-state index contributed by atoms with van der Waals surface area (Å²) in [6.07, 6.45) is 1.30. The number of carbonyl (C=O) groups excluding carboxylic acids is 2. The minimum Gasteiger partial charge on any atom is -0.506 e. The van der Waals surface area contributed by atoms with Crippen LogP contribution in [-0.4, -0.2) is 23.1 Å². The van der Waals surface area contributed by atoms with Crippen molar-refractivity contribution in [3.8, 4) is 5.75 Å². The van der Waals surface area contributed by atoms with Crippen molar-refractivity contribution in [3.63, 3.8) is 0 Å². The lowest BCUT2D eigenvalue weighted by Crippen LogP contribution is -2.18. The van der Waals surface area contributed by atoms with Gasteiger partial charge >= 0.3 is 0 Å². The number of amides is 2. The molecule has 0 heterocycles. The molecule has 0 saturated heterocycles. The number of anilines is 1. The summed E-state index contributed by atoms with van der Waals surface area (Å²) in [6.45, 7) is 1.38. The van der Waals surface area contributed by atoms with Crippen LogP contribution in [0.1, 0.15) is 22.8 Å². The summed E-state index contributed by atoms with van der Waals surface area (Å²) in [5, 5.41) is 16.8. The van der Waals surface area contributed by atoms with Crippen molar-refractivity contribution in [2.24, 2.45) is 5.10 Å². The van der Waals surface area contributed by atoms with E-state index >= 15 is 0 Å². The number of carbonyl (C=O) groups is 2. The molecule has 0 atom stereocenters. The second-order valence-electron chi connectivity index (χ2n) is 4.79. The van der Waals surface area contributed by atoms with Crippen LogP contribution in [0.4, 0.5) is 5.69 Å². The van der Waals surface area contributed by atoms with E-state index in [0.717, 1.165) is 0 Å². The summed E-state index contributed by atoms with van der Waals surface area (Å²) in [6, 6.07) is 9.59. The minimum absolute atomic E-state index is 0.0330. The molecule has 0 bridgehead atoms. The maximum absolute atomic E-state index is 12.1. The number of nitrogens with zero attached hydrogens (tertiary/aromatic N) is 1. The molecule has 0 radical (unpaired) electrons. The molecule has 0 fully saturated rings. The average Bonchev–Trinajstić information content (AvgIpc) is 2.51. The Hall–Kier alpha value is -2.13. The highest BCUT2D eigenvalue weighted by Crippen LogP contribution is 2.27. The first-order chi connectivity index (χ1) is 11.4. The van der Waals surface area contributed by atoms with Crippen LogP contribution in [0.3, 0.4) is 0 Å². The zero-order chi connectivity index (χ0) is 17.7. The highest BCUT2D eigenvalue weighted by atomic mass is 127. The molecule has 2 rings (SSSR count). The lowest BCUT2D eigenvalue weighted by atomic mass is 10.2. The molecule has 0 aliphatic rings. The van der Waals surface area contributed by atoms with Crippen LogP contribution in [0.15, 0.2) is 41.5 Å². The molecule has 6 nitrogen and oxygen atoms in total. The van der Waals surface area contributed by atoms with Crippen molar-refractivity contribution in [1.82, 2.24) is 5.43 Å². The lowest BCUT2D eigenvalue weighted by Gasteiger charge is -2.05. The van der Waals surface area contributed by atoms with Crippen molar-refractivity contribution in [2.45, 2.75) is 6.92 Å². The number of phenols is 1. The van der Waals surface area contributed by atoms with Gasteiger partial charge in [0.2, 0.25) is 5.91 Å².